The Morgan fingerprint density at radius 1 is 1.29 bits per heavy atom. The summed E-state index contributed by atoms with van der Waals surface area (Å²) in [6, 6.07) is 8.50. The molecular formula is C21H18ClF2N3O2S2. The van der Waals surface area contributed by atoms with Crippen LogP contribution in [0, 0.1) is 11.6 Å². The number of ether oxygens (including phenoxy) is 1. The van der Waals surface area contributed by atoms with E-state index in [-0.39, 0.29) is 34.1 Å². The molecule has 0 spiro atoms. The fourth-order valence-corrected chi connectivity index (χ4v) is 4.91. The molecule has 0 radical (unpaired) electrons. The monoisotopic (exact) mass is 481 g/mol. The fraction of sp³-hybridized carbons (Fsp3) is 0.190. The third kappa shape index (κ3) is 5.30. The summed E-state index contributed by atoms with van der Waals surface area (Å²) in [6.07, 6.45) is 2.92. The highest BCUT2D eigenvalue weighted by Gasteiger charge is 2.21. The Labute approximate surface area is 189 Å². The third-order valence-corrected chi connectivity index (χ3v) is 6.66. The van der Waals surface area contributed by atoms with Gasteiger partial charge in [-0.25, -0.2) is 18.0 Å². The van der Waals surface area contributed by atoms with E-state index in [9.17, 15) is 13.0 Å². The highest BCUT2D eigenvalue weighted by Crippen LogP contribution is 2.31. The van der Waals surface area contributed by atoms with Gasteiger partial charge in [0.05, 0.1) is 21.5 Å². The number of nitrogens with one attached hydrogen (secondary N) is 2. The molecule has 1 aromatic heterocycles. The Bertz CT molecular complexity index is 1110. The molecule has 0 amide bonds. The number of halogens is 3. The van der Waals surface area contributed by atoms with Gasteiger partial charge in [-0.3, -0.25) is 4.72 Å². The minimum Gasteiger partial charge on any atom is -0.490 e. The first-order valence-electron chi connectivity index (χ1n) is 9.39. The van der Waals surface area contributed by atoms with Crippen LogP contribution in [0.1, 0.15) is 12.0 Å². The van der Waals surface area contributed by atoms with E-state index in [4.69, 9.17) is 16.3 Å². The number of nitrogens with zero attached hydrogens (tertiary/aromatic N) is 1. The van der Waals surface area contributed by atoms with Gasteiger partial charge in [-0.15, -0.1) is 11.3 Å². The van der Waals surface area contributed by atoms with E-state index in [1.807, 2.05) is 0 Å². The Balaban J connectivity index is 1.47. The van der Waals surface area contributed by atoms with Gasteiger partial charge >= 0.3 is 0 Å². The van der Waals surface area contributed by atoms with Crippen molar-refractivity contribution in [3.8, 4) is 5.75 Å². The quantitative estimate of drug-likeness (QED) is 0.496. The van der Waals surface area contributed by atoms with E-state index >= 15 is 0 Å². The van der Waals surface area contributed by atoms with Crippen LogP contribution in [0.3, 0.4) is 0 Å². The third-order valence-electron chi connectivity index (χ3n) is 4.67. The van der Waals surface area contributed by atoms with Gasteiger partial charge in [0.2, 0.25) is 0 Å². The zero-order valence-corrected chi connectivity index (χ0v) is 18.5. The molecular weight excluding hydrogens is 464 g/mol. The Morgan fingerprint density at radius 2 is 2.10 bits per heavy atom. The Hall–Kier alpha value is -2.33. The van der Waals surface area contributed by atoms with Crippen molar-refractivity contribution in [3.05, 3.63) is 75.6 Å². The molecule has 0 saturated heterocycles. The summed E-state index contributed by atoms with van der Waals surface area (Å²) in [5, 5.41) is 5.16. The maximum Gasteiger partial charge on any atom is 0.154 e. The maximum atomic E-state index is 14.6. The van der Waals surface area contributed by atoms with Crippen LogP contribution in [0.25, 0.3) is 5.57 Å². The minimum atomic E-state index is -1.86. The number of rotatable bonds is 7. The number of thiazole rings is 1. The van der Waals surface area contributed by atoms with Crippen LogP contribution in [0.5, 0.6) is 5.75 Å². The molecule has 0 aliphatic carbocycles. The largest absolute Gasteiger partial charge is 0.490 e. The molecule has 31 heavy (non-hydrogen) atoms. The summed E-state index contributed by atoms with van der Waals surface area (Å²) >= 11 is 7.60. The molecule has 3 aromatic rings. The Kier molecular flexibility index (Phi) is 6.96. The van der Waals surface area contributed by atoms with Gasteiger partial charge in [-0.05, 0) is 42.3 Å². The molecule has 2 atom stereocenters. The van der Waals surface area contributed by atoms with Gasteiger partial charge in [0.25, 0.3) is 0 Å². The predicted octanol–water partition coefficient (Wildman–Crippen LogP) is 5.03. The molecule has 5 nitrogen and oxygen atoms in total. The van der Waals surface area contributed by atoms with Crippen molar-refractivity contribution in [3.63, 3.8) is 0 Å². The molecule has 0 saturated carbocycles. The van der Waals surface area contributed by atoms with Crippen molar-refractivity contribution in [1.29, 1.82) is 0 Å². The normalized spacial score (nSPS) is 17.1. The molecule has 1 aliphatic heterocycles. The highest BCUT2D eigenvalue weighted by molar-refractivity contribution is 7.86. The maximum absolute atomic E-state index is 14.6. The molecule has 2 N–H and O–H groups in total. The van der Waals surface area contributed by atoms with E-state index in [1.54, 1.807) is 23.0 Å². The van der Waals surface area contributed by atoms with Gasteiger partial charge < -0.3 is 10.1 Å². The first-order chi connectivity index (χ1) is 15.0. The lowest BCUT2D eigenvalue weighted by atomic mass is 9.95. The number of anilines is 1. The van der Waals surface area contributed by atoms with Crippen molar-refractivity contribution in [2.24, 2.45) is 0 Å². The van der Waals surface area contributed by atoms with Crippen molar-refractivity contribution >= 4 is 45.3 Å². The van der Waals surface area contributed by atoms with Gasteiger partial charge in [0.15, 0.2) is 11.0 Å². The van der Waals surface area contributed by atoms with E-state index in [2.05, 4.69) is 21.1 Å². The van der Waals surface area contributed by atoms with Crippen molar-refractivity contribution in [1.82, 2.24) is 10.3 Å². The lowest BCUT2D eigenvalue weighted by Crippen LogP contribution is -2.38. The summed E-state index contributed by atoms with van der Waals surface area (Å²) in [5.74, 6) is -0.460. The first kappa shape index (κ1) is 21.9. The van der Waals surface area contributed by atoms with E-state index in [1.165, 1.54) is 29.5 Å². The molecule has 2 unspecified atom stereocenters. The van der Waals surface area contributed by atoms with Crippen LogP contribution in [-0.4, -0.2) is 28.4 Å². The molecule has 4 rings (SSSR count). The summed E-state index contributed by atoms with van der Waals surface area (Å²) in [4.78, 5) is 3.88. The molecule has 1 aliphatic rings. The van der Waals surface area contributed by atoms with Crippen LogP contribution in [0.2, 0.25) is 5.02 Å². The summed E-state index contributed by atoms with van der Waals surface area (Å²) in [6.45, 7) is 0.961. The molecule has 162 valence electrons. The summed E-state index contributed by atoms with van der Waals surface area (Å²) < 4.78 is 48.7. The standard InChI is InChI=1S/C21H18ClF2N3O2S2/c22-16-8-20(31(28)27-21-11-30-12-26-21)17(24)9-19(16)29-10-18-15(2-1-7-25-18)13-3-5-14(23)6-4-13/h2-6,8-9,11-12,18,25,27H,1,7,10H2. The van der Waals surface area contributed by atoms with E-state index in [0.717, 1.165) is 30.2 Å². The molecule has 10 heteroatoms. The average Bonchev–Trinajstić information content (AvgIpc) is 3.28. The van der Waals surface area contributed by atoms with E-state index < -0.39 is 16.8 Å². The zero-order valence-electron chi connectivity index (χ0n) is 16.1. The second-order valence-electron chi connectivity index (χ2n) is 6.73. The second kappa shape index (κ2) is 9.86. The van der Waals surface area contributed by atoms with Crippen molar-refractivity contribution in [2.75, 3.05) is 17.9 Å². The van der Waals surface area contributed by atoms with E-state index in [0.29, 0.717) is 5.82 Å². The fourth-order valence-electron chi connectivity index (χ4n) is 3.20. The van der Waals surface area contributed by atoms with Gasteiger partial charge in [-0.2, -0.15) is 0 Å². The van der Waals surface area contributed by atoms with Gasteiger partial charge in [0.1, 0.15) is 29.8 Å². The predicted molar refractivity (Wildman–Crippen MR) is 120 cm³/mol. The van der Waals surface area contributed by atoms with Crippen LogP contribution in [-0.2, 0) is 11.0 Å². The lowest BCUT2D eigenvalue weighted by Gasteiger charge is -2.26. The molecule has 2 aromatic carbocycles. The van der Waals surface area contributed by atoms with Crippen LogP contribution >= 0.6 is 22.9 Å². The molecule has 2 heterocycles. The number of hydrogen-bond acceptors (Lipinski definition) is 5. The van der Waals surface area contributed by atoms with Crippen LogP contribution in [0.4, 0.5) is 14.6 Å². The summed E-state index contributed by atoms with van der Waals surface area (Å²) in [7, 11) is -1.86. The SMILES string of the molecule is O=S(Nc1cscn1)c1cc(Cl)c(OCC2NCCC=C2c2ccc(F)cc2)cc1F. The topological polar surface area (TPSA) is 63.2 Å². The van der Waals surface area contributed by atoms with Gasteiger partial charge in [0, 0.05) is 11.4 Å². The van der Waals surface area contributed by atoms with Gasteiger partial charge in [-0.1, -0.05) is 29.8 Å². The first-order valence-corrected chi connectivity index (χ1v) is 11.9. The number of hydrogen-bond donors (Lipinski definition) is 2. The number of aromatic nitrogens is 1. The Morgan fingerprint density at radius 3 is 2.84 bits per heavy atom. The van der Waals surface area contributed by atoms with Crippen molar-refractivity contribution in [2.45, 2.75) is 17.4 Å². The zero-order chi connectivity index (χ0) is 21.8. The number of benzene rings is 2. The minimum absolute atomic E-state index is 0.0898. The summed E-state index contributed by atoms with van der Waals surface area (Å²) in [5.41, 5.74) is 3.44. The lowest BCUT2D eigenvalue weighted by molar-refractivity contribution is 0.287. The van der Waals surface area contributed by atoms with Crippen molar-refractivity contribution < 1.29 is 17.7 Å². The van der Waals surface area contributed by atoms with Crippen LogP contribution < -0.4 is 14.8 Å². The smallest absolute Gasteiger partial charge is 0.154 e. The highest BCUT2D eigenvalue weighted by atomic mass is 35.5. The molecule has 0 bridgehead atoms. The van der Waals surface area contributed by atoms with Crippen LogP contribution in [0.15, 0.2) is 58.3 Å². The average molecular weight is 482 g/mol. The molecule has 0 fully saturated rings. The second-order valence-corrected chi connectivity index (χ2v) is 9.04.